The quantitative estimate of drug-likeness (QED) is 0.120. The number of thiazole rings is 1. The number of aryl methyl sites for hydroxylation is 1. The van der Waals surface area contributed by atoms with E-state index in [0.29, 0.717) is 39.1 Å². The van der Waals surface area contributed by atoms with Crippen LogP contribution < -0.4 is 9.64 Å². The lowest BCUT2D eigenvalue weighted by molar-refractivity contribution is -0.132. The Morgan fingerprint density at radius 2 is 1.77 bits per heavy atom. The molecule has 7 nitrogen and oxygen atoms in total. The molecule has 1 saturated heterocycles. The summed E-state index contributed by atoms with van der Waals surface area (Å²) in [7, 11) is 0. The van der Waals surface area contributed by atoms with E-state index >= 15 is 0 Å². The predicted molar refractivity (Wildman–Crippen MR) is 150 cm³/mol. The van der Waals surface area contributed by atoms with Gasteiger partial charge in [-0.05, 0) is 54.4 Å². The third-order valence-corrected chi connectivity index (χ3v) is 7.80. The second-order valence-corrected chi connectivity index (χ2v) is 10.4. The summed E-state index contributed by atoms with van der Waals surface area (Å²) in [5, 5.41) is 11.9. The van der Waals surface area contributed by atoms with E-state index in [1.54, 1.807) is 55.5 Å². The summed E-state index contributed by atoms with van der Waals surface area (Å²) in [4.78, 5) is 45.1. The Morgan fingerprint density at radius 3 is 2.44 bits per heavy atom. The first-order valence-electron chi connectivity index (χ1n) is 12.1. The van der Waals surface area contributed by atoms with Gasteiger partial charge in [-0.1, -0.05) is 65.4 Å². The molecule has 1 aromatic heterocycles. The minimum atomic E-state index is -1.01. The Labute approximate surface area is 234 Å². The number of ether oxygens (including phenoxy) is 1. The molecule has 0 radical (unpaired) electrons. The standard InChI is InChI=1S/C30H23ClN2O5S/c1-17-28(18(2)34)39-30(32-17)33-25(21-9-6-10-23(15-21)38-16-19-7-4-3-5-8-19)24(27(36)29(33)37)26(35)20-11-13-22(31)14-12-20/h3-15,25,35H,16H2,1-2H3/b26-24+. The number of hydrogen-bond acceptors (Lipinski definition) is 7. The van der Waals surface area contributed by atoms with Gasteiger partial charge in [-0.25, -0.2) is 4.98 Å². The molecule has 1 unspecified atom stereocenters. The van der Waals surface area contributed by atoms with Crippen LogP contribution >= 0.6 is 22.9 Å². The van der Waals surface area contributed by atoms with Crippen molar-refractivity contribution in [2.75, 3.05) is 4.90 Å². The summed E-state index contributed by atoms with van der Waals surface area (Å²) >= 11 is 7.05. The fraction of sp³-hybridized carbons (Fsp3) is 0.133. The highest BCUT2D eigenvalue weighted by Crippen LogP contribution is 2.44. The number of aromatic nitrogens is 1. The van der Waals surface area contributed by atoms with Crippen molar-refractivity contribution >= 4 is 51.3 Å². The summed E-state index contributed by atoms with van der Waals surface area (Å²) < 4.78 is 6.00. The summed E-state index contributed by atoms with van der Waals surface area (Å²) in [6.45, 7) is 3.42. The van der Waals surface area contributed by atoms with Gasteiger partial charge in [0.1, 0.15) is 18.1 Å². The number of halogens is 1. The minimum Gasteiger partial charge on any atom is -0.507 e. The van der Waals surface area contributed by atoms with Crippen LogP contribution in [-0.2, 0) is 16.2 Å². The average Bonchev–Trinajstić information content (AvgIpc) is 3.45. The number of anilines is 1. The topological polar surface area (TPSA) is 96.8 Å². The summed E-state index contributed by atoms with van der Waals surface area (Å²) in [5.74, 6) is -1.72. The van der Waals surface area contributed by atoms with Crippen LogP contribution in [0.5, 0.6) is 5.75 Å². The minimum absolute atomic E-state index is 0.0974. The molecule has 39 heavy (non-hydrogen) atoms. The number of hydrogen-bond donors (Lipinski definition) is 1. The monoisotopic (exact) mass is 558 g/mol. The van der Waals surface area contributed by atoms with Gasteiger partial charge in [0.15, 0.2) is 10.9 Å². The maximum Gasteiger partial charge on any atom is 0.301 e. The van der Waals surface area contributed by atoms with Gasteiger partial charge in [0.2, 0.25) is 0 Å². The van der Waals surface area contributed by atoms with Crippen molar-refractivity contribution in [3.05, 3.63) is 117 Å². The molecule has 1 atom stereocenters. The van der Waals surface area contributed by atoms with Gasteiger partial charge in [-0.2, -0.15) is 0 Å². The van der Waals surface area contributed by atoms with Crippen LogP contribution in [0.25, 0.3) is 5.76 Å². The Hall–Kier alpha value is -4.27. The molecule has 0 spiro atoms. The van der Waals surface area contributed by atoms with Crippen LogP contribution in [-0.4, -0.2) is 27.6 Å². The van der Waals surface area contributed by atoms with E-state index in [1.165, 1.54) is 11.8 Å². The van der Waals surface area contributed by atoms with E-state index in [0.717, 1.165) is 16.9 Å². The average molecular weight is 559 g/mol. The van der Waals surface area contributed by atoms with Crippen LogP contribution in [0.4, 0.5) is 5.13 Å². The van der Waals surface area contributed by atoms with Crippen LogP contribution in [0.2, 0.25) is 5.02 Å². The molecule has 3 aromatic carbocycles. The van der Waals surface area contributed by atoms with E-state index in [4.69, 9.17) is 16.3 Å². The molecule has 0 saturated carbocycles. The van der Waals surface area contributed by atoms with Crippen molar-refractivity contribution in [1.29, 1.82) is 0 Å². The largest absolute Gasteiger partial charge is 0.507 e. The number of rotatable bonds is 7. The molecule has 2 heterocycles. The van der Waals surface area contributed by atoms with Gasteiger partial charge in [-0.15, -0.1) is 0 Å². The number of Topliss-reactive ketones (excluding diaryl/α,β-unsaturated/α-hetero) is 2. The van der Waals surface area contributed by atoms with Crippen molar-refractivity contribution in [3.63, 3.8) is 0 Å². The number of aliphatic hydroxyl groups excluding tert-OH is 1. The van der Waals surface area contributed by atoms with Gasteiger partial charge in [0, 0.05) is 17.5 Å². The van der Waals surface area contributed by atoms with Gasteiger partial charge >= 0.3 is 5.91 Å². The van der Waals surface area contributed by atoms with Crippen molar-refractivity contribution in [3.8, 4) is 5.75 Å². The number of nitrogens with zero attached hydrogens (tertiary/aromatic N) is 2. The molecule has 1 fully saturated rings. The number of carbonyl (C=O) groups is 3. The highest BCUT2D eigenvalue weighted by atomic mass is 35.5. The van der Waals surface area contributed by atoms with Gasteiger partial charge < -0.3 is 9.84 Å². The van der Waals surface area contributed by atoms with Crippen LogP contribution in [0.1, 0.15) is 45.0 Å². The van der Waals surface area contributed by atoms with E-state index < -0.39 is 17.7 Å². The van der Waals surface area contributed by atoms with E-state index in [-0.39, 0.29) is 22.2 Å². The summed E-state index contributed by atoms with van der Waals surface area (Å²) in [6.07, 6.45) is 0. The Bertz CT molecular complexity index is 1610. The Balaban J connectivity index is 1.63. The molecule has 1 aliphatic rings. The number of amides is 1. The second kappa shape index (κ2) is 10.8. The molecule has 5 rings (SSSR count). The van der Waals surface area contributed by atoms with Crippen LogP contribution in [0.15, 0.2) is 84.4 Å². The SMILES string of the molecule is CC(=O)c1sc(N2C(=O)C(=O)/C(=C(/O)c3ccc(Cl)cc3)C2c2cccc(OCc3ccccc3)c2)nc1C. The molecule has 0 aliphatic carbocycles. The van der Waals surface area contributed by atoms with Crippen LogP contribution in [0.3, 0.4) is 0 Å². The number of ketones is 2. The molecule has 1 N–H and O–H groups in total. The lowest BCUT2D eigenvalue weighted by atomic mass is 9.95. The Kier molecular flexibility index (Phi) is 7.32. The van der Waals surface area contributed by atoms with E-state index in [2.05, 4.69) is 4.98 Å². The molecule has 4 aromatic rings. The van der Waals surface area contributed by atoms with Gasteiger partial charge in [0.25, 0.3) is 5.78 Å². The normalized spacial score (nSPS) is 16.5. The van der Waals surface area contributed by atoms with Gasteiger partial charge in [0.05, 0.1) is 22.2 Å². The lowest BCUT2D eigenvalue weighted by Crippen LogP contribution is -2.29. The highest BCUT2D eigenvalue weighted by molar-refractivity contribution is 7.18. The van der Waals surface area contributed by atoms with Crippen molar-refractivity contribution < 1.29 is 24.2 Å². The molecule has 196 valence electrons. The van der Waals surface area contributed by atoms with Crippen molar-refractivity contribution in [2.45, 2.75) is 26.5 Å². The van der Waals surface area contributed by atoms with Crippen molar-refractivity contribution in [2.24, 2.45) is 0 Å². The molecular formula is C30H23ClN2O5S. The fourth-order valence-corrected chi connectivity index (χ4v) is 5.55. The molecule has 9 heteroatoms. The van der Waals surface area contributed by atoms with E-state index in [1.807, 2.05) is 30.3 Å². The third-order valence-electron chi connectivity index (χ3n) is 6.30. The summed E-state index contributed by atoms with van der Waals surface area (Å²) in [5.41, 5.74) is 2.21. The lowest BCUT2D eigenvalue weighted by Gasteiger charge is -2.23. The third kappa shape index (κ3) is 5.21. The first kappa shape index (κ1) is 26.3. The zero-order valence-electron chi connectivity index (χ0n) is 21.1. The summed E-state index contributed by atoms with van der Waals surface area (Å²) in [6, 6.07) is 22.0. The smallest absolute Gasteiger partial charge is 0.301 e. The second-order valence-electron chi connectivity index (χ2n) is 8.99. The Morgan fingerprint density at radius 1 is 1.05 bits per heavy atom. The maximum absolute atomic E-state index is 13.4. The van der Waals surface area contributed by atoms with Crippen molar-refractivity contribution in [1.82, 2.24) is 4.98 Å². The van der Waals surface area contributed by atoms with E-state index in [9.17, 15) is 19.5 Å². The molecular weight excluding hydrogens is 536 g/mol. The molecule has 1 amide bonds. The zero-order valence-corrected chi connectivity index (χ0v) is 22.6. The first-order valence-corrected chi connectivity index (χ1v) is 13.3. The first-order chi connectivity index (χ1) is 18.7. The molecule has 0 bridgehead atoms. The number of carbonyl (C=O) groups excluding carboxylic acids is 3. The number of benzene rings is 3. The fourth-order valence-electron chi connectivity index (χ4n) is 4.44. The number of aliphatic hydroxyl groups is 1. The van der Waals surface area contributed by atoms with Crippen LogP contribution in [0, 0.1) is 6.92 Å². The zero-order chi connectivity index (χ0) is 27.7. The maximum atomic E-state index is 13.4. The highest BCUT2D eigenvalue weighted by Gasteiger charge is 2.48. The van der Waals surface area contributed by atoms with Gasteiger partial charge in [-0.3, -0.25) is 19.3 Å². The molecule has 1 aliphatic heterocycles. The predicted octanol–water partition coefficient (Wildman–Crippen LogP) is 6.51.